The number of amides is 1. The third-order valence-corrected chi connectivity index (χ3v) is 6.38. The smallest absolute Gasteiger partial charge is 0.295 e. The number of ketones is 1. The van der Waals surface area contributed by atoms with E-state index in [1.54, 1.807) is 42.5 Å². The van der Waals surface area contributed by atoms with Crippen molar-refractivity contribution in [3.05, 3.63) is 92.4 Å². The lowest BCUT2D eigenvalue weighted by Gasteiger charge is -2.24. The van der Waals surface area contributed by atoms with Crippen LogP contribution in [0.2, 0.25) is 5.02 Å². The van der Waals surface area contributed by atoms with Crippen molar-refractivity contribution >= 4 is 40.4 Å². The number of nitrogens with zero attached hydrogens (tertiary/aromatic N) is 1. The minimum Gasteiger partial charge on any atom is -0.507 e. The molecule has 1 aliphatic heterocycles. The highest BCUT2D eigenvalue weighted by Crippen LogP contribution is 2.43. The van der Waals surface area contributed by atoms with E-state index in [2.05, 4.69) is 0 Å². The fourth-order valence-electron chi connectivity index (χ4n) is 3.66. The highest BCUT2D eigenvalue weighted by molar-refractivity contribution is 7.10. The van der Waals surface area contributed by atoms with Gasteiger partial charge in [-0.2, -0.15) is 0 Å². The molecule has 1 aromatic heterocycles. The van der Waals surface area contributed by atoms with Crippen molar-refractivity contribution in [2.45, 2.75) is 19.5 Å². The van der Waals surface area contributed by atoms with Gasteiger partial charge in [-0.15, -0.1) is 11.3 Å². The molecule has 4 rings (SSSR count). The number of ether oxygens (including phenoxy) is 1. The molecule has 1 fully saturated rings. The monoisotopic (exact) mass is 471 g/mol. The third-order valence-electron chi connectivity index (χ3n) is 5.12. The van der Waals surface area contributed by atoms with E-state index in [0.717, 1.165) is 0 Å². The van der Waals surface area contributed by atoms with E-state index < -0.39 is 23.5 Å². The normalized spacial score (nSPS) is 17.7. The van der Waals surface area contributed by atoms with Crippen LogP contribution in [0.5, 0.6) is 5.75 Å². The maximum Gasteiger partial charge on any atom is 0.295 e. The molecule has 2 aromatic carbocycles. The second kappa shape index (κ2) is 9.14. The Labute approximate surface area is 193 Å². The number of hydrogen-bond donors (Lipinski definition) is 1. The van der Waals surface area contributed by atoms with Crippen LogP contribution in [0.3, 0.4) is 0 Å². The first kappa shape index (κ1) is 22.0. The van der Waals surface area contributed by atoms with E-state index in [1.165, 1.54) is 28.4 Å². The maximum atomic E-state index is 13.3. The molecule has 1 amide bonds. The lowest BCUT2D eigenvalue weighted by atomic mass is 9.99. The summed E-state index contributed by atoms with van der Waals surface area (Å²) < 4.78 is 18.8. The molecular formula is C24H19ClFNO4S. The lowest BCUT2D eigenvalue weighted by Crippen LogP contribution is -2.28. The molecule has 1 saturated heterocycles. The number of aliphatic hydroxyl groups excluding tert-OH is 1. The summed E-state index contributed by atoms with van der Waals surface area (Å²) in [6.45, 7) is 2.32. The van der Waals surface area contributed by atoms with Gasteiger partial charge in [0.15, 0.2) is 0 Å². The number of Topliss-reactive ketones (excluding diaryl/α,β-unsaturated/α-hetero) is 1. The van der Waals surface area contributed by atoms with Gasteiger partial charge in [-0.05, 0) is 54.3 Å². The number of aliphatic hydroxyl groups is 1. The predicted molar refractivity (Wildman–Crippen MR) is 121 cm³/mol. The van der Waals surface area contributed by atoms with Gasteiger partial charge in [0.25, 0.3) is 11.7 Å². The fourth-order valence-corrected chi connectivity index (χ4v) is 4.71. The zero-order valence-electron chi connectivity index (χ0n) is 17.0. The summed E-state index contributed by atoms with van der Waals surface area (Å²) in [7, 11) is 0. The first-order valence-corrected chi connectivity index (χ1v) is 11.2. The zero-order chi connectivity index (χ0) is 22.8. The number of hydrogen-bond acceptors (Lipinski definition) is 5. The minimum atomic E-state index is -0.805. The molecule has 3 aromatic rings. The summed E-state index contributed by atoms with van der Waals surface area (Å²) in [5.74, 6) is -1.83. The molecule has 164 valence electrons. The Kier molecular flexibility index (Phi) is 6.30. The van der Waals surface area contributed by atoms with Crippen LogP contribution in [-0.4, -0.2) is 28.3 Å². The molecule has 0 bridgehead atoms. The fraction of sp³-hybridized carbons (Fsp3) is 0.167. The SMILES string of the molecule is CCOc1ccc(Cl)c(/C(O)=C2/C(=O)C(=O)N(Cc3ccc(F)cc3)C2c2cccs2)c1. The van der Waals surface area contributed by atoms with Gasteiger partial charge in [-0.25, -0.2) is 4.39 Å². The molecule has 1 atom stereocenters. The van der Waals surface area contributed by atoms with Crippen molar-refractivity contribution in [2.75, 3.05) is 6.61 Å². The molecule has 32 heavy (non-hydrogen) atoms. The van der Waals surface area contributed by atoms with Crippen molar-refractivity contribution in [1.82, 2.24) is 4.90 Å². The predicted octanol–water partition coefficient (Wildman–Crippen LogP) is 5.56. The number of carbonyl (C=O) groups is 2. The van der Waals surface area contributed by atoms with Gasteiger partial charge in [0.05, 0.1) is 23.2 Å². The zero-order valence-corrected chi connectivity index (χ0v) is 18.6. The molecule has 0 saturated carbocycles. The van der Waals surface area contributed by atoms with Crippen molar-refractivity contribution in [3.63, 3.8) is 0 Å². The molecule has 1 unspecified atom stereocenters. The number of halogens is 2. The van der Waals surface area contributed by atoms with Crippen LogP contribution < -0.4 is 4.74 Å². The Bertz CT molecular complexity index is 1190. The molecule has 0 radical (unpaired) electrons. The van der Waals surface area contributed by atoms with Gasteiger partial charge in [-0.3, -0.25) is 9.59 Å². The largest absolute Gasteiger partial charge is 0.507 e. The molecular weight excluding hydrogens is 453 g/mol. The summed E-state index contributed by atoms with van der Waals surface area (Å²) in [6, 6.07) is 13.3. The number of carbonyl (C=O) groups excluding carboxylic acids is 2. The number of rotatable bonds is 6. The van der Waals surface area contributed by atoms with E-state index in [4.69, 9.17) is 16.3 Å². The Morgan fingerprint density at radius 3 is 2.59 bits per heavy atom. The van der Waals surface area contributed by atoms with Crippen molar-refractivity contribution < 1.29 is 23.8 Å². The summed E-state index contributed by atoms with van der Waals surface area (Å²) in [4.78, 5) is 28.1. The topological polar surface area (TPSA) is 66.8 Å². The van der Waals surface area contributed by atoms with Crippen LogP contribution in [0.1, 0.15) is 29.0 Å². The Morgan fingerprint density at radius 2 is 1.94 bits per heavy atom. The minimum absolute atomic E-state index is 0.0462. The molecule has 2 heterocycles. The Balaban J connectivity index is 1.83. The van der Waals surface area contributed by atoms with E-state index in [9.17, 15) is 19.1 Å². The van der Waals surface area contributed by atoms with Crippen molar-refractivity contribution in [3.8, 4) is 5.75 Å². The van der Waals surface area contributed by atoms with Crippen molar-refractivity contribution in [1.29, 1.82) is 0 Å². The summed E-state index contributed by atoms with van der Waals surface area (Å²) in [5, 5.41) is 13.2. The third kappa shape index (κ3) is 4.13. The highest BCUT2D eigenvalue weighted by Gasteiger charge is 2.46. The van der Waals surface area contributed by atoms with Crippen LogP contribution in [0.4, 0.5) is 4.39 Å². The van der Waals surface area contributed by atoms with E-state index in [1.807, 2.05) is 12.3 Å². The first-order chi connectivity index (χ1) is 15.4. The van der Waals surface area contributed by atoms with E-state index in [0.29, 0.717) is 22.8 Å². The van der Waals surface area contributed by atoms with E-state index in [-0.39, 0.29) is 28.5 Å². The average molecular weight is 472 g/mol. The van der Waals surface area contributed by atoms with Gasteiger partial charge in [0.2, 0.25) is 0 Å². The van der Waals surface area contributed by atoms with Gasteiger partial charge in [-0.1, -0.05) is 29.8 Å². The molecule has 5 nitrogen and oxygen atoms in total. The van der Waals surface area contributed by atoms with Crippen LogP contribution in [0.25, 0.3) is 5.76 Å². The van der Waals surface area contributed by atoms with Crippen LogP contribution in [-0.2, 0) is 16.1 Å². The van der Waals surface area contributed by atoms with Crippen LogP contribution in [0.15, 0.2) is 65.6 Å². The Morgan fingerprint density at radius 1 is 1.19 bits per heavy atom. The standard InChI is InChI=1S/C24H19ClFNO4S/c1-2-31-16-9-10-18(25)17(12-16)22(28)20-21(19-4-3-11-32-19)27(24(30)23(20)29)13-14-5-7-15(26)8-6-14/h3-12,21,28H,2,13H2,1H3/b22-20-. The average Bonchev–Trinajstić information content (AvgIpc) is 3.39. The molecule has 0 spiro atoms. The lowest BCUT2D eigenvalue weighted by molar-refractivity contribution is -0.140. The number of benzene rings is 2. The first-order valence-electron chi connectivity index (χ1n) is 9.89. The van der Waals surface area contributed by atoms with Gasteiger partial charge >= 0.3 is 0 Å². The van der Waals surface area contributed by atoms with Gasteiger partial charge in [0.1, 0.15) is 17.3 Å². The summed E-state index contributed by atoms with van der Waals surface area (Å²) >= 11 is 7.68. The maximum absolute atomic E-state index is 13.3. The number of likely N-dealkylation sites (tertiary alicyclic amines) is 1. The molecule has 8 heteroatoms. The van der Waals surface area contributed by atoms with Crippen LogP contribution >= 0.6 is 22.9 Å². The summed E-state index contributed by atoms with van der Waals surface area (Å²) in [5.41, 5.74) is 0.820. The quantitative estimate of drug-likeness (QED) is 0.290. The number of thiophene rings is 1. The second-order valence-corrected chi connectivity index (χ2v) is 8.53. The van der Waals surface area contributed by atoms with Gasteiger partial charge < -0.3 is 14.7 Å². The Hall–Kier alpha value is -3.16. The van der Waals surface area contributed by atoms with Crippen LogP contribution in [0, 0.1) is 5.82 Å². The van der Waals surface area contributed by atoms with E-state index >= 15 is 0 Å². The molecule has 1 aliphatic rings. The highest BCUT2D eigenvalue weighted by atomic mass is 35.5. The second-order valence-electron chi connectivity index (χ2n) is 7.14. The van der Waals surface area contributed by atoms with Crippen molar-refractivity contribution in [2.24, 2.45) is 0 Å². The summed E-state index contributed by atoms with van der Waals surface area (Å²) in [6.07, 6.45) is 0. The van der Waals surface area contributed by atoms with Gasteiger partial charge in [0, 0.05) is 17.0 Å². The molecule has 1 N–H and O–H groups in total. The molecule has 0 aliphatic carbocycles.